The van der Waals surface area contributed by atoms with Crippen LogP contribution in [-0.2, 0) is 11.3 Å². The van der Waals surface area contributed by atoms with Crippen molar-refractivity contribution in [3.63, 3.8) is 0 Å². The largest absolute Gasteiger partial charge is 0.489 e. The predicted molar refractivity (Wildman–Crippen MR) is 104 cm³/mol. The summed E-state index contributed by atoms with van der Waals surface area (Å²) in [6, 6.07) is 14.3. The van der Waals surface area contributed by atoms with Crippen molar-refractivity contribution < 1.29 is 13.9 Å². The Labute approximate surface area is 160 Å². The Morgan fingerprint density at radius 3 is 2.93 bits per heavy atom. The molecule has 5 nitrogen and oxygen atoms in total. The van der Waals surface area contributed by atoms with Gasteiger partial charge in [-0.1, -0.05) is 30.3 Å². The van der Waals surface area contributed by atoms with E-state index in [2.05, 4.69) is 15.2 Å². The monoisotopic (exact) mass is 383 g/mol. The Morgan fingerprint density at radius 2 is 2.15 bits per heavy atom. The number of aromatic nitrogens is 1. The number of hydrogen-bond donors (Lipinski definition) is 1. The molecule has 1 atom stereocenters. The molecule has 138 valence electrons. The van der Waals surface area contributed by atoms with Crippen LogP contribution in [0.2, 0.25) is 0 Å². The van der Waals surface area contributed by atoms with Crippen LogP contribution in [0.15, 0.2) is 60.1 Å². The fourth-order valence-corrected chi connectivity index (χ4v) is 3.69. The van der Waals surface area contributed by atoms with E-state index in [4.69, 9.17) is 4.74 Å². The van der Waals surface area contributed by atoms with E-state index in [1.54, 1.807) is 12.3 Å². The third-order valence-electron chi connectivity index (χ3n) is 4.40. The van der Waals surface area contributed by atoms with Gasteiger partial charge in [-0.15, -0.1) is 11.3 Å². The summed E-state index contributed by atoms with van der Waals surface area (Å²) in [7, 11) is 0. The Morgan fingerprint density at radius 1 is 1.30 bits per heavy atom. The van der Waals surface area contributed by atoms with Crippen molar-refractivity contribution in [2.24, 2.45) is 0 Å². The maximum absolute atomic E-state index is 13.6. The highest BCUT2D eigenvalue weighted by molar-refractivity contribution is 7.13. The van der Waals surface area contributed by atoms with Crippen molar-refractivity contribution in [3.05, 3.63) is 71.5 Å². The van der Waals surface area contributed by atoms with Crippen molar-refractivity contribution in [3.8, 4) is 5.75 Å². The average molecular weight is 383 g/mol. The second-order valence-electron chi connectivity index (χ2n) is 6.28. The van der Waals surface area contributed by atoms with E-state index in [9.17, 15) is 9.18 Å². The summed E-state index contributed by atoms with van der Waals surface area (Å²) in [4.78, 5) is 18.6. The Kier molecular flexibility index (Phi) is 5.02. The van der Waals surface area contributed by atoms with Crippen LogP contribution in [0.4, 0.5) is 15.2 Å². The van der Waals surface area contributed by atoms with E-state index in [0.717, 1.165) is 11.3 Å². The fraction of sp³-hybridized carbons (Fsp3) is 0.200. The van der Waals surface area contributed by atoms with E-state index in [-0.39, 0.29) is 24.2 Å². The lowest BCUT2D eigenvalue weighted by Gasteiger charge is -2.38. The summed E-state index contributed by atoms with van der Waals surface area (Å²) < 4.78 is 19.3. The maximum Gasteiger partial charge on any atom is 0.228 e. The molecule has 0 radical (unpaired) electrons. The van der Waals surface area contributed by atoms with Gasteiger partial charge in [-0.05, 0) is 17.7 Å². The molecule has 0 fully saturated rings. The number of carbonyl (C=O) groups excluding carboxylic acids is 1. The first-order chi connectivity index (χ1) is 13.2. The third-order valence-corrected chi connectivity index (χ3v) is 5.09. The van der Waals surface area contributed by atoms with Gasteiger partial charge in [0.1, 0.15) is 18.2 Å². The van der Waals surface area contributed by atoms with Crippen molar-refractivity contribution in [2.45, 2.75) is 19.0 Å². The van der Waals surface area contributed by atoms with Crippen molar-refractivity contribution in [1.82, 2.24) is 4.98 Å². The van der Waals surface area contributed by atoms with Gasteiger partial charge in [-0.25, -0.2) is 9.37 Å². The molecular weight excluding hydrogens is 365 g/mol. The minimum Gasteiger partial charge on any atom is -0.489 e. The number of fused-ring (bicyclic) bond motifs is 1. The molecule has 1 aliphatic heterocycles. The zero-order chi connectivity index (χ0) is 18.6. The first-order valence-corrected chi connectivity index (χ1v) is 9.49. The van der Waals surface area contributed by atoms with Gasteiger partial charge in [-0.3, -0.25) is 4.79 Å². The van der Waals surface area contributed by atoms with Crippen LogP contribution in [0, 0.1) is 5.82 Å². The van der Waals surface area contributed by atoms with Crippen LogP contribution in [-0.4, -0.2) is 23.5 Å². The van der Waals surface area contributed by atoms with E-state index in [0.29, 0.717) is 24.0 Å². The molecule has 2 heterocycles. The number of rotatable bonds is 5. The molecule has 1 amide bonds. The molecule has 1 N–H and O–H groups in total. The number of nitrogens with one attached hydrogen (secondary N) is 1. The number of benzene rings is 2. The number of amides is 1. The quantitative estimate of drug-likeness (QED) is 0.721. The van der Waals surface area contributed by atoms with E-state index in [1.165, 1.54) is 23.5 Å². The minimum atomic E-state index is -0.339. The Balaban J connectivity index is 1.57. The van der Waals surface area contributed by atoms with Gasteiger partial charge >= 0.3 is 0 Å². The number of ether oxygens (including phenoxy) is 1. The Bertz CT molecular complexity index is 918. The van der Waals surface area contributed by atoms with Crippen LogP contribution < -0.4 is 15.0 Å². The smallest absolute Gasteiger partial charge is 0.228 e. The maximum atomic E-state index is 13.6. The lowest BCUT2D eigenvalue weighted by Crippen LogP contribution is -2.44. The summed E-state index contributed by atoms with van der Waals surface area (Å²) in [6.45, 7) is 0.923. The minimum absolute atomic E-state index is 0.123. The molecule has 0 aliphatic carbocycles. The van der Waals surface area contributed by atoms with Gasteiger partial charge in [-0.2, -0.15) is 0 Å². The first kappa shape index (κ1) is 17.5. The number of thiazole rings is 1. The normalized spacial score (nSPS) is 15.7. The van der Waals surface area contributed by atoms with Crippen LogP contribution in [0.5, 0.6) is 5.75 Å². The second-order valence-corrected chi connectivity index (χ2v) is 7.17. The molecule has 0 saturated carbocycles. The fourth-order valence-electron chi connectivity index (χ4n) is 3.15. The van der Waals surface area contributed by atoms with Gasteiger partial charge in [0.15, 0.2) is 5.13 Å². The van der Waals surface area contributed by atoms with E-state index >= 15 is 0 Å². The summed E-state index contributed by atoms with van der Waals surface area (Å²) in [5, 5.41) is 5.20. The third kappa shape index (κ3) is 4.09. The molecule has 2 aromatic carbocycles. The average Bonchev–Trinajstić information content (AvgIpc) is 3.17. The molecule has 0 saturated heterocycles. The van der Waals surface area contributed by atoms with Crippen LogP contribution in [0.1, 0.15) is 12.0 Å². The zero-order valence-electron chi connectivity index (χ0n) is 14.5. The SMILES string of the molecule is O=C(CC1COc2cc(F)ccc2N1Cc1ccccc1)Nc1nccs1. The lowest BCUT2D eigenvalue weighted by molar-refractivity contribution is -0.116. The van der Waals surface area contributed by atoms with Gasteiger partial charge in [0.2, 0.25) is 5.91 Å². The number of anilines is 2. The molecule has 1 aromatic heterocycles. The second kappa shape index (κ2) is 7.75. The summed E-state index contributed by atoms with van der Waals surface area (Å²) in [5.41, 5.74) is 1.90. The highest BCUT2D eigenvalue weighted by Gasteiger charge is 2.30. The number of halogens is 1. The number of hydrogen-bond acceptors (Lipinski definition) is 5. The summed E-state index contributed by atoms with van der Waals surface area (Å²) >= 11 is 1.38. The molecule has 4 rings (SSSR count). The highest BCUT2D eigenvalue weighted by Crippen LogP contribution is 2.36. The molecule has 3 aromatic rings. The van der Waals surface area contributed by atoms with Crippen LogP contribution in [0.3, 0.4) is 0 Å². The summed E-state index contributed by atoms with van der Waals surface area (Å²) in [5.74, 6) is 0.0399. The predicted octanol–water partition coefficient (Wildman–Crippen LogP) is 4.08. The van der Waals surface area contributed by atoms with Crippen LogP contribution in [0.25, 0.3) is 0 Å². The molecule has 1 unspecified atom stereocenters. The van der Waals surface area contributed by atoms with Gasteiger partial charge in [0.25, 0.3) is 0 Å². The van der Waals surface area contributed by atoms with Gasteiger partial charge < -0.3 is 15.0 Å². The highest BCUT2D eigenvalue weighted by atomic mass is 32.1. The molecule has 1 aliphatic rings. The Hall–Kier alpha value is -2.93. The zero-order valence-corrected chi connectivity index (χ0v) is 15.3. The standard InChI is InChI=1S/C20H18FN3O2S/c21-15-6-7-17-18(10-15)26-13-16(11-19(25)23-20-22-8-9-27-20)24(17)12-14-4-2-1-3-5-14/h1-10,16H,11-13H2,(H,22,23,25). The van der Waals surface area contributed by atoms with Gasteiger partial charge in [0.05, 0.1) is 18.2 Å². The lowest BCUT2D eigenvalue weighted by atomic mass is 10.1. The molecule has 0 bridgehead atoms. The van der Waals surface area contributed by atoms with Crippen molar-refractivity contribution in [2.75, 3.05) is 16.8 Å². The van der Waals surface area contributed by atoms with Crippen LogP contribution >= 0.6 is 11.3 Å². The molecule has 0 spiro atoms. The first-order valence-electron chi connectivity index (χ1n) is 8.61. The van der Waals surface area contributed by atoms with E-state index < -0.39 is 0 Å². The van der Waals surface area contributed by atoms with Crippen molar-refractivity contribution in [1.29, 1.82) is 0 Å². The number of carbonyl (C=O) groups is 1. The van der Waals surface area contributed by atoms with E-state index in [1.807, 2.05) is 35.7 Å². The van der Waals surface area contributed by atoms with Gasteiger partial charge in [0, 0.05) is 24.2 Å². The number of nitrogens with zero attached hydrogens (tertiary/aromatic N) is 2. The molecule has 7 heteroatoms. The summed E-state index contributed by atoms with van der Waals surface area (Å²) in [6.07, 6.45) is 1.90. The van der Waals surface area contributed by atoms with Crippen molar-refractivity contribution >= 4 is 28.1 Å². The molecule has 27 heavy (non-hydrogen) atoms. The molecular formula is C20H18FN3O2S. The topological polar surface area (TPSA) is 54.5 Å².